The Morgan fingerprint density at radius 3 is 2.38 bits per heavy atom. The van der Waals surface area contributed by atoms with Crippen LogP contribution in [0.2, 0.25) is 5.02 Å². The van der Waals surface area contributed by atoms with Crippen molar-refractivity contribution < 1.29 is 4.39 Å². The molecule has 112 valence electrons. The van der Waals surface area contributed by atoms with Crippen molar-refractivity contribution in [1.82, 2.24) is 0 Å². The van der Waals surface area contributed by atoms with E-state index in [2.05, 4.69) is 36.1 Å². The normalized spacial score (nSPS) is 12.2. The van der Waals surface area contributed by atoms with Crippen LogP contribution in [0.3, 0.4) is 0 Å². The number of benzene rings is 2. The van der Waals surface area contributed by atoms with Gasteiger partial charge in [0.2, 0.25) is 0 Å². The second-order valence-corrected chi connectivity index (χ2v) is 5.46. The fourth-order valence-corrected chi connectivity index (χ4v) is 2.57. The fraction of sp³-hybridized carbons (Fsp3) is 0.294. The SMILES string of the molecule is CCc1ccc(N(C)C(CN)c2ccc(F)c(Cl)c2)cc1. The van der Waals surface area contributed by atoms with E-state index in [-0.39, 0.29) is 11.1 Å². The van der Waals surface area contributed by atoms with E-state index < -0.39 is 5.82 Å². The number of hydrogen-bond donors (Lipinski definition) is 1. The average Bonchev–Trinajstić information content (AvgIpc) is 2.51. The monoisotopic (exact) mass is 306 g/mol. The minimum absolute atomic E-state index is 0.0458. The van der Waals surface area contributed by atoms with Crippen LogP contribution in [0.15, 0.2) is 42.5 Å². The summed E-state index contributed by atoms with van der Waals surface area (Å²) in [5.41, 5.74) is 9.18. The second kappa shape index (κ2) is 6.92. The van der Waals surface area contributed by atoms with Crippen LogP contribution in [0.25, 0.3) is 0 Å². The van der Waals surface area contributed by atoms with Gasteiger partial charge in [-0.1, -0.05) is 36.7 Å². The van der Waals surface area contributed by atoms with E-state index in [9.17, 15) is 4.39 Å². The van der Waals surface area contributed by atoms with Gasteiger partial charge >= 0.3 is 0 Å². The molecule has 2 N–H and O–H groups in total. The van der Waals surface area contributed by atoms with Crippen molar-refractivity contribution >= 4 is 17.3 Å². The predicted molar refractivity (Wildman–Crippen MR) is 87.4 cm³/mol. The van der Waals surface area contributed by atoms with Crippen molar-refractivity contribution in [2.45, 2.75) is 19.4 Å². The van der Waals surface area contributed by atoms with Crippen molar-refractivity contribution in [2.24, 2.45) is 5.73 Å². The van der Waals surface area contributed by atoms with Crippen LogP contribution in [-0.2, 0) is 6.42 Å². The largest absolute Gasteiger partial charge is 0.366 e. The lowest BCUT2D eigenvalue weighted by Gasteiger charge is -2.30. The lowest BCUT2D eigenvalue weighted by Crippen LogP contribution is -2.30. The first-order chi connectivity index (χ1) is 10.1. The van der Waals surface area contributed by atoms with Crippen LogP contribution in [-0.4, -0.2) is 13.6 Å². The Labute approximate surface area is 130 Å². The zero-order valence-corrected chi connectivity index (χ0v) is 13.1. The van der Waals surface area contributed by atoms with Gasteiger partial charge in [0.05, 0.1) is 11.1 Å². The van der Waals surface area contributed by atoms with Crippen LogP contribution in [0.1, 0.15) is 24.1 Å². The highest BCUT2D eigenvalue weighted by Gasteiger charge is 2.17. The molecule has 0 aliphatic rings. The lowest BCUT2D eigenvalue weighted by atomic mass is 10.0. The molecule has 0 radical (unpaired) electrons. The van der Waals surface area contributed by atoms with E-state index in [1.165, 1.54) is 11.6 Å². The number of hydrogen-bond acceptors (Lipinski definition) is 2. The highest BCUT2D eigenvalue weighted by Crippen LogP contribution is 2.28. The maximum Gasteiger partial charge on any atom is 0.141 e. The third kappa shape index (κ3) is 3.55. The second-order valence-electron chi connectivity index (χ2n) is 5.06. The first-order valence-corrected chi connectivity index (χ1v) is 7.41. The number of rotatable bonds is 5. The molecule has 0 saturated carbocycles. The molecule has 2 aromatic carbocycles. The molecule has 0 spiro atoms. The molecule has 2 nitrogen and oxygen atoms in total. The van der Waals surface area contributed by atoms with Gasteiger partial charge in [-0.05, 0) is 41.8 Å². The quantitative estimate of drug-likeness (QED) is 0.898. The van der Waals surface area contributed by atoms with E-state index in [0.717, 1.165) is 17.7 Å². The van der Waals surface area contributed by atoms with E-state index in [0.29, 0.717) is 6.54 Å². The summed E-state index contributed by atoms with van der Waals surface area (Å²) in [6.07, 6.45) is 1.01. The van der Waals surface area contributed by atoms with Crippen molar-refractivity contribution in [3.05, 3.63) is 64.4 Å². The smallest absolute Gasteiger partial charge is 0.141 e. The van der Waals surface area contributed by atoms with Crippen molar-refractivity contribution in [1.29, 1.82) is 0 Å². The van der Waals surface area contributed by atoms with Crippen LogP contribution in [0.5, 0.6) is 0 Å². The van der Waals surface area contributed by atoms with Crippen LogP contribution in [0, 0.1) is 5.82 Å². The maximum atomic E-state index is 13.3. The van der Waals surface area contributed by atoms with Crippen molar-refractivity contribution in [2.75, 3.05) is 18.5 Å². The van der Waals surface area contributed by atoms with Gasteiger partial charge in [0.25, 0.3) is 0 Å². The van der Waals surface area contributed by atoms with Crippen LogP contribution >= 0.6 is 11.6 Å². The van der Waals surface area contributed by atoms with E-state index in [1.54, 1.807) is 12.1 Å². The summed E-state index contributed by atoms with van der Waals surface area (Å²) in [7, 11) is 1.98. The van der Waals surface area contributed by atoms with Gasteiger partial charge in [-0.15, -0.1) is 0 Å². The molecule has 2 rings (SSSR count). The Kier molecular flexibility index (Phi) is 5.21. The Morgan fingerprint density at radius 1 is 1.19 bits per heavy atom. The van der Waals surface area contributed by atoms with Gasteiger partial charge < -0.3 is 10.6 Å². The number of nitrogens with two attached hydrogens (primary N) is 1. The number of anilines is 1. The third-order valence-corrected chi connectivity index (χ3v) is 4.06. The molecule has 0 fully saturated rings. The summed E-state index contributed by atoms with van der Waals surface area (Å²) in [6, 6.07) is 13.1. The van der Waals surface area contributed by atoms with Gasteiger partial charge in [-0.2, -0.15) is 0 Å². The highest BCUT2D eigenvalue weighted by atomic mass is 35.5. The number of aryl methyl sites for hydroxylation is 1. The summed E-state index contributed by atoms with van der Waals surface area (Å²) in [5, 5.41) is 0.126. The minimum atomic E-state index is -0.411. The standard InChI is InChI=1S/C17H20ClFN2/c1-3-12-4-7-14(8-5-12)21(2)17(11-20)13-6-9-16(19)15(18)10-13/h4-10,17H,3,11,20H2,1-2H3. The molecule has 0 bridgehead atoms. The molecule has 21 heavy (non-hydrogen) atoms. The highest BCUT2D eigenvalue weighted by molar-refractivity contribution is 6.30. The first kappa shape index (κ1) is 15.8. The summed E-state index contributed by atoms with van der Waals surface area (Å²) in [5.74, 6) is -0.411. The van der Waals surface area contributed by atoms with Gasteiger partial charge in [-0.25, -0.2) is 4.39 Å². The summed E-state index contributed by atoms with van der Waals surface area (Å²) >= 11 is 5.87. The maximum absolute atomic E-state index is 13.3. The summed E-state index contributed by atoms with van der Waals surface area (Å²) < 4.78 is 13.3. The molecule has 2 aromatic rings. The topological polar surface area (TPSA) is 29.3 Å². The minimum Gasteiger partial charge on any atom is -0.366 e. The molecule has 0 heterocycles. The van der Waals surface area contributed by atoms with E-state index in [4.69, 9.17) is 17.3 Å². The van der Waals surface area contributed by atoms with Crippen molar-refractivity contribution in [3.8, 4) is 0 Å². The zero-order valence-electron chi connectivity index (χ0n) is 12.3. The molecule has 4 heteroatoms. The Bertz CT molecular complexity index is 598. The summed E-state index contributed by atoms with van der Waals surface area (Å²) in [6.45, 7) is 2.55. The molecular formula is C17H20ClFN2. The zero-order chi connectivity index (χ0) is 15.4. The van der Waals surface area contributed by atoms with Gasteiger partial charge in [-0.3, -0.25) is 0 Å². The first-order valence-electron chi connectivity index (χ1n) is 7.03. The van der Waals surface area contributed by atoms with Gasteiger partial charge in [0.15, 0.2) is 0 Å². The Morgan fingerprint density at radius 2 is 1.86 bits per heavy atom. The Balaban J connectivity index is 2.28. The lowest BCUT2D eigenvalue weighted by molar-refractivity contribution is 0.623. The van der Waals surface area contributed by atoms with Crippen LogP contribution < -0.4 is 10.6 Å². The third-order valence-electron chi connectivity index (χ3n) is 3.77. The molecule has 0 aliphatic heterocycles. The molecule has 0 aromatic heterocycles. The molecular weight excluding hydrogens is 287 g/mol. The number of halogens is 2. The fourth-order valence-electron chi connectivity index (χ4n) is 2.38. The molecule has 0 aliphatic carbocycles. The molecule has 0 saturated heterocycles. The molecule has 1 atom stereocenters. The van der Waals surface area contributed by atoms with E-state index in [1.807, 2.05) is 7.05 Å². The van der Waals surface area contributed by atoms with Gasteiger partial charge in [0.1, 0.15) is 5.82 Å². The number of nitrogens with zero attached hydrogens (tertiary/aromatic N) is 1. The average molecular weight is 307 g/mol. The molecule has 1 unspecified atom stereocenters. The van der Waals surface area contributed by atoms with Crippen LogP contribution in [0.4, 0.5) is 10.1 Å². The predicted octanol–water partition coefficient (Wildman–Crippen LogP) is 4.18. The molecule has 0 amide bonds. The van der Waals surface area contributed by atoms with E-state index >= 15 is 0 Å². The Hall–Kier alpha value is -1.58. The summed E-state index contributed by atoms with van der Waals surface area (Å²) in [4.78, 5) is 2.09. The number of likely N-dealkylation sites (N-methyl/N-ethyl adjacent to an activating group) is 1. The van der Waals surface area contributed by atoms with Gasteiger partial charge in [0, 0.05) is 19.3 Å². The van der Waals surface area contributed by atoms with Crippen molar-refractivity contribution in [3.63, 3.8) is 0 Å².